The lowest BCUT2D eigenvalue weighted by atomic mass is 10.1. The van der Waals surface area contributed by atoms with Gasteiger partial charge in [-0.1, -0.05) is 18.5 Å². The van der Waals surface area contributed by atoms with Gasteiger partial charge in [0.15, 0.2) is 0 Å². The van der Waals surface area contributed by atoms with Crippen LogP contribution in [0.25, 0.3) is 0 Å². The van der Waals surface area contributed by atoms with E-state index in [4.69, 9.17) is 11.6 Å². The van der Waals surface area contributed by atoms with E-state index in [0.29, 0.717) is 10.9 Å². The van der Waals surface area contributed by atoms with Crippen LogP contribution in [0.3, 0.4) is 0 Å². The Morgan fingerprint density at radius 2 is 2.18 bits per heavy atom. The monoisotopic (exact) mass is 349 g/mol. The maximum atomic E-state index is 12.2. The lowest BCUT2D eigenvalue weighted by Gasteiger charge is -2.17. The molecule has 0 fully saturated rings. The van der Waals surface area contributed by atoms with Crippen LogP contribution in [-0.4, -0.2) is 12.7 Å². The van der Waals surface area contributed by atoms with E-state index in [2.05, 4.69) is 21.2 Å². The van der Waals surface area contributed by atoms with Gasteiger partial charge in [0, 0.05) is 21.8 Å². The molecule has 0 amide bonds. The van der Waals surface area contributed by atoms with Crippen LogP contribution in [0.15, 0.2) is 10.5 Å². The molecule has 1 aromatic heterocycles. The first-order valence-corrected chi connectivity index (χ1v) is 7.07. The summed E-state index contributed by atoms with van der Waals surface area (Å²) in [5.41, 5.74) is 0. The number of rotatable bonds is 5. The van der Waals surface area contributed by atoms with E-state index in [9.17, 15) is 13.2 Å². The molecule has 0 saturated heterocycles. The first kappa shape index (κ1) is 15.3. The van der Waals surface area contributed by atoms with Gasteiger partial charge in [0.25, 0.3) is 0 Å². The van der Waals surface area contributed by atoms with E-state index in [1.807, 2.05) is 6.92 Å². The minimum absolute atomic E-state index is 0.0284. The third kappa shape index (κ3) is 5.16. The van der Waals surface area contributed by atoms with Crippen molar-refractivity contribution in [1.82, 2.24) is 5.32 Å². The first-order chi connectivity index (χ1) is 7.83. The molecule has 0 aliphatic heterocycles. The van der Waals surface area contributed by atoms with E-state index in [0.717, 1.165) is 9.35 Å². The number of alkyl halides is 3. The van der Waals surface area contributed by atoms with Crippen molar-refractivity contribution in [3.05, 3.63) is 19.8 Å². The summed E-state index contributed by atoms with van der Waals surface area (Å²) in [6.45, 7) is 2.49. The second kappa shape index (κ2) is 6.41. The number of hydrogen-bond acceptors (Lipinski definition) is 2. The van der Waals surface area contributed by atoms with Gasteiger partial charge in [0.1, 0.15) is 4.34 Å². The highest BCUT2D eigenvalue weighted by atomic mass is 79.9. The molecule has 98 valence electrons. The summed E-state index contributed by atoms with van der Waals surface area (Å²) in [5, 5.41) is 3.04. The zero-order valence-electron chi connectivity index (χ0n) is 9.07. The van der Waals surface area contributed by atoms with Crippen LogP contribution in [0.4, 0.5) is 13.2 Å². The molecule has 0 bridgehead atoms. The molecule has 1 rings (SSSR count). The topological polar surface area (TPSA) is 12.0 Å². The Kier molecular flexibility index (Phi) is 5.76. The Bertz CT molecular complexity index is 347. The smallest absolute Gasteiger partial charge is 0.310 e. The first-order valence-electron chi connectivity index (χ1n) is 5.08. The molecule has 0 radical (unpaired) electrons. The average Bonchev–Trinajstić information content (AvgIpc) is 2.52. The molecule has 1 N–H and O–H groups in total. The molecule has 0 aromatic carbocycles. The molecule has 1 unspecified atom stereocenters. The average molecular weight is 351 g/mol. The number of halogens is 5. The molecule has 1 nitrogen and oxygen atoms in total. The van der Waals surface area contributed by atoms with Crippen molar-refractivity contribution in [1.29, 1.82) is 0 Å². The van der Waals surface area contributed by atoms with Crippen LogP contribution in [-0.2, 0) is 0 Å². The standard InChI is InChI=1S/C10H12BrClF3NS/c1-2-16-7(3-4-10(13,14)15)8-5-6(11)9(12)17-8/h5,7,16H,2-4H2,1H3. The SMILES string of the molecule is CCNC(CCC(F)(F)F)c1cc(Br)c(Cl)s1. The lowest BCUT2D eigenvalue weighted by molar-refractivity contribution is -0.136. The van der Waals surface area contributed by atoms with E-state index < -0.39 is 12.6 Å². The Hall–Kier alpha value is 0.220. The fraction of sp³-hybridized carbons (Fsp3) is 0.600. The maximum absolute atomic E-state index is 12.2. The van der Waals surface area contributed by atoms with Crippen LogP contribution in [0, 0.1) is 0 Å². The maximum Gasteiger partial charge on any atom is 0.389 e. The predicted octanol–water partition coefficient (Wildman–Crippen LogP) is 5.16. The molecule has 7 heteroatoms. The molecule has 0 aliphatic rings. The van der Waals surface area contributed by atoms with E-state index >= 15 is 0 Å². The Morgan fingerprint density at radius 3 is 2.59 bits per heavy atom. The van der Waals surface area contributed by atoms with Crippen molar-refractivity contribution in [2.24, 2.45) is 0 Å². The quantitative estimate of drug-likeness (QED) is 0.773. The summed E-state index contributed by atoms with van der Waals surface area (Å²) in [4.78, 5) is 0.827. The van der Waals surface area contributed by atoms with Crippen LogP contribution >= 0.6 is 38.9 Å². The predicted molar refractivity (Wildman–Crippen MR) is 68.7 cm³/mol. The molecular formula is C10H12BrClF3NS. The van der Waals surface area contributed by atoms with Crippen molar-refractivity contribution in [2.45, 2.75) is 32.0 Å². The second-order valence-corrected chi connectivity index (χ2v) is 6.07. The highest BCUT2D eigenvalue weighted by Crippen LogP contribution is 2.37. The van der Waals surface area contributed by atoms with Crippen molar-refractivity contribution < 1.29 is 13.2 Å². The van der Waals surface area contributed by atoms with Gasteiger partial charge >= 0.3 is 6.18 Å². The summed E-state index contributed by atoms with van der Waals surface area (Å²) >= 11 is 10.4. The Balaban J connectivity index is 2.71. The normalized spacial score (nSPS) is 14.0. The molecule has 17 heavy (non-hydrogen) atoms. The minimum atomic E-state index is -4.12. The van der Waals surface area contributed by atoms with E-state index in [-0.39, 0.29) is 12.5 Å². The highest BCUT2D eigenvalue weighted by Gasteiger charge is 2.29. The van der Waals surface area contributed by atoms with E-state index in [1.165, 1.54) is 11.3 Å². The highest BCUT2D eigenvalue weighted by molar-refractivity contribution is 9.10. The summed E-state index contributed by atoms with van der Waals surface area (Å²) in [5.74, 6) is 0. The van der Waals surface area contributed by atoms with Crippen molar-refractivity contribution in [3.8, 4) is 0 Å². The second-order valence-electron chi connectivity index (χ2n) is 3.53. The van der Waals surface area contributed by atoms with Crippen molar-refractivity contribution in [3.63, 3.8) is 0 Å². The van der Waals surface area contributed by atoms with Crippen molar-refractivity contribution >= 4 is 38.9 Å². The number of thiophene rings is 1. The zero-order chi connectivity index (χ0) is 13.1. The molecule has 1 atom stereocenters. The van der Waals surface area contributed by atoms with Gasteiger partial charge in [0.05, 0.1) is 0 Å². The van der Waals surface area contributed by atoms with Gasteiger partial charge in [-0.2, -0.15) is 13.2 Å². The Labute approximate surface area is 115 Å². The summed E-state index contributed by atoms with van der Waals surface area (Å²) < 4.78 is 37.9. The number of hydrogen-bond donors (Lipinski definition) is 1. The summed E-state index contributed by atoms with van der Waals surface area (Å²) in [6, 6.07) is 1.48. The van der Waals surface area contributed by atoms with Crippen molar-refractivity contribution in [2.75, 3.05) is 6.54 Å². The van der Waals surface area contributed by atoms with Crippen LogP contribution < -0.4 is 5.32 Å². The lowest BCUT2D eigenvalue weighted by Crippen LogP contribution is -2.22. The summed E-state index contributed by atoms with van der Waals surface area (Å²) in [6.07, 6.45) is -4.88. The van der Waals surface area contributed by atoms with Gasteiger partial charge in [-0.05, 0) is 35.0 Å². The Morgan fingerprint density at radius 1 is 1.53 bits per heavy atom. The molecule has 1 aromatic rings. The largest absolute Gasteiger partial charge is 0.389 e. The fourth-order valence-corrected chi connectivity index (χ4v) is 3.28. The number of nitrogens with one attached hydrogen (secondary N) is 1. The van der Waals surface area contributed by atoms with Gasteiger partial charge < -0.3 is 5.32 Å². The minimum Gasteiger partial charge on any atom is -0.310 e. The molecule has 1 heterocycles. The van der Waals surface area contributed by atoms with Gasteiger partial charge in [-0.15, -0.1) is 11.3 Å². The van der Waals surface area contributed by atoms with Gasteiger partial charge in [-0.3, -0.25) is 0 Å². The van der Waals surface area contributed by atoms with Gasteiger partial charge in [-0.25, -0.2) is 0 Å². The summed E-state index contributed by atoms with van der Waals surface area (Å²) in [7, 11) is 0. The van der Waals surface area contributed by atoms with Gasteiger partial charge in [0.2, 0.25) is 0 Å². The molecule has 0 spiro atoms. The molecule has 0 saturated carbocycles. The third-order valence-corrected chi connectivity index (χ3v) is 4.76. The van der Waals surface area contributed by atoms with Crippen LogP contribution in [0.1, 0.15) is 30.7 Å². The molecule has 0 aliphatic carbocycles. The fourth-order valence-electron chi connectivity index (χ4n) is 1.43. The van der Waals surface area contributed by atoms with Crippen LogP contribution in [0.5, 0.6) is 0 Å². The van der Waals surface area contributed by atoms with E-state index in [1.54, 1.807) is 6.07 Å². The third-order valence-electron chi connectivity index (χ3n) is 2.17. The van der Waals surface area contributed by atoms with Crippen LogP contribution in [0.2, 0.25) is 4.34 Å². The zero-order valence-corrected chi connectivity index (χ0v) is 12.2. The molecular weight excluding hydrogens is 339 g/mol.